The number of carbonyl (C=O) groups excluding carboxylic acids is 1. The van der Waals surface area contributed by atoms with Crippen LogP contribution in [0.1, 0.15) is 16.1 Å². The van der Waals surface area contributed by atoms with Gasteiger partial charge in [0.2, 0.25) is 5.28 Å². The van der Waals surface area contributed by atoms with Crippen molar-refractivity contribution >= 4 is 29.1 Å². The van der Waals surface area contributed by atoms with E-state index in [9.17, 15) is 9.18 Å². The minimum absolute atomic E-state index is 0.0817. The topological polar surface area (TPSA) is 46.1 Å². The third-order valence-corrected chi connectivity index (χ3v) is 3.82. The van der Waals surface area contributed by atoms with Gasteiger partial charge >= 0.3 is 0 Å². The van der Waals surface area contributed by atoms with Crippen LogP contribution in [0.25, 0.3) is 11.3 Å². The van der Waals surface area contributed by atoms with Crippen molar-refractivity contribution in [2.24, 2.45) is 0 Å². The van der Waals surface area contributed by atoms with Gasteiger partial charge in [-0.15, -0.1) is 0 Å². The molecule has 0 atom stereocenters. The summed E-state index contributed by atoms with van der Waals surface area (Å²) in [6.07, 6.45) is 0.548. The molecular weight excluding hydrogens is 316 g/mol. The third kappa shape index (κ3) is 2.47. The van der Waals surface area contributed by atoms with Crippen molar-refractivity contribution in [1.82, 2.24) is 14.9 Å². The molecule has 4 nitrogen and oxygen atoms in total. The van der Waals surface area contributed by atoms with Crippen molar-refractivity contribution in [3.63, 3.8) is 0 Å². The second-order valence-corrected chi connectivity index (χ2v) is 5.54. The van der Waals surface area contributed by atoms with Crippen molar-refractivity contribution < 1.29 is 9.18 Å². The summed E-state index contributed by atoms with van der Waals surface area (Å²) in [5.74, 6) is -0.748. The van der Waals surface area contributed by atoms with Crippen LogP contribution in [0.2, 0.25) is 10.3 Å². The first-order valence-corrected chi connectivity index (χ1v) is 7.00. The monoisotopic (exact) mass is 325 g/mol. The molecule has 0 saturated heterocycles. The van der Waals surface area contributed by atoms with E-state index in [0.29, 0.717) is 29.2 Å². The zero-order valence-electron chi connectivity index (χ0n) is 11.0. The Morgan fingerprint density at radius 3 is 2.67 bits per heavy atom. The molecule has 2 aromatic rings. The summed E-state index contributed by atoms with van der Waals surface area (Å²) in [5.41, 5.74) is 1.45. The highest BCUT2D eigenvalue weighted by atomic mass is 35.5. The number of fused-ring (bicyclic) bond motifs is 1. The lowest BCUT2D eigenvalue weighted by Crippen LogP contribution is -2.35. The smallest absolute Gasteiger partial charge is 0.272 e. The number of aromatic nitrogens is 2. The maximum absolute atomic E-state index is 14.1. The van der Waals surface area contributed by atoms with Gasteiger partial charge in [-0.05, 0) is 36.2 Å². The standard InChI is InChI=1S/C14H10Cl2FN3O/c1-20-5-4-9-11(8-3-2-7(15)6-10(8)17)18-14(16)19-12(9)13(20)21/h2-3,6H,4-5H2,1H3. The van der Waals surface area contributed by atoms with Gasteiger partial charge in [-0.2, -0.15) is 0 Å². The van der Waals surface area contributed by atoms with E-state index < -0.39 is 5.82 Å². The van der Waals surface area contributed by atoms with Crippen molar-refractivity contribution in [3.05, 3.63) is 45.6 Å². The number of benzene rings is 1. The molecule has 108 valence electrons. The molecular formula is C14H10Cl2FN3O. The van der Waals surface area contributed by atoms with E-state index in [0.717, 1.165) is 0 Å². The van der Waals surface area contributed by atoms with Gasteiger partial charge in [-0.1, -0.05) is 11.6 Å². The number of halogens is 3. The van der Waals surface area contributed by atoms with Crippen molar-refractivity contribution in [2.45, 2.75) is 6.42 Å². The van der Waals surface area contributed by atoms with Gasteiger partial charge in [0.05, 0.1) is 5.69 Å². The molecule has 1 aromatic heterocycles. The second-order valence-electron chi connectivity index (χ2n) is 4.77. The van der Waals surface area contributed by atoms with Crippen molar-refractivity contribution in [1.29, 1.82) is 0 Å². The summed E-state index contributed by atoms with van der Waals surface area (Å²) in [7, 11) is 1.68. The summed E-state index contributed by atoms with van der Waals surface area (Å²) >= 11 is 11.6. The van der Waals surface area contributed by atoms with E-state index in [2.05, 4.69) is 9.97 Å². The molecule has 21 heavy (non-hydrogen) atoms. The molecule has 0 unspecified atom stereocenters. The maximum Gasteiger partial charge on any atom is 0.272 e. The van der Waals surface area contributed by atoms with Crippen LogP contribution in [-0.4, -0.2) is 34.4 Å². The van der Waals surface area contributed by atoms with Crippen LogP contribution in [0.3, 0.4) is 0 Å². The van der Waals surface area contributed by atoms with Crippen LogP contribution in [0, 0.1) is 5.82 Å². The van der Waals surface area contributed by atoms with Crippen LogP contribution >= 0.6 is 23.2 Å². The Morgan fingerprint density at radius 1 is 1.24 bits per heavy atom. The normalized spacial score (nSPS) is 14.3. The molecule has 0 saturated carbocycles. The van der Waals surface area contributed by atoms with E-state index >= 15 is 0 Å². The molecule has 1 aliphatic rings. The Morgan fingerprint density at radius 2 is 1.95 bits per heavy atom. The van der Waals surface area contributed by atoms with Gasteiger partial charge in [-0.3, -0.25) is 4.79 Å². The first-order chi connectivity index (χ1) is 9.97. The number of likely N-dealkylation sites (N-methyl/N-ethyl adjacent to an activating group) is 1. The SMILES string of the molecule is CN1CCc2c(nc(Cl)nc2-c2ccc(Cl)cc2F)C1=O. The highest BCUT2D eigenvalue weighted by Crippen LogP contribution is 2.31. The number of hydrogen-bond acceptors (Lipinski definition) is 3. The molecule has 0 N–H and O–H groups in total. The van der Waals surface area contributed by atoms with Crippen LogP contribution in [0.4, 0.5) is 4.39 Å². The van der Waals surface area contributed by atoms with Gasteiger partial charge in [-0.25, -0.2) is 14.4 Å². The molecule has 1 aliphatic heterocycles. The Hall–Kier alpha value is -1.72. The van der Waals surface area contributed by atoms with Crippen LogP contribution in [0.15, 0.2) is 18.2 Å². The molecule has 1 amide bonds. The minimum atomic E-state index is -0.508. The Balaban J connectivity index is 2.24. The Labute approximate surface area is 130 Å². The molecule has 3 rings (SSSR count). The first-order valence-electron chi connectivity index (χ1n) is 6.24. The van der Waals surface area contributed by atoms with Gasteiger partial charge in [0.1, 0.15) is 11.5 Å². The first kappa shape index (κ1) is 14.2. The van der Waals surface area contributed by atoms with Gasteiger partial charge < -0.3 is 4.90 Å². The number of hydrogen-bond donors (Lipinski definition) is 0. The number of amides is 1. The molecule has 0 spiro atoms. The molecule has 0 fully saturated rings. The summed E-state index contributed by atoms with van der Waals surface area (Å²) in [6, 6.07) is 4.30. The fraction of sp³-hybridized carbons (Fsp3) is 0.214. The lowest BCUT2D eigenvalue weighted by Gasteiger charge is -2.25. The van der Waals surface area contributed by atoms with E-state index in [-0.39, 0.29) is 22.4 Å². The minimum Gasteiger partial charge on any atom is -0.340 e. The lowest BCUT2D eigenvalue weighted by atomic mass is 9.98. The number of nitrogens with zero attached hydrogens (tertiary/aromatic N) is 3. The Kier molecular flexibility index (Phi) is 3.55. The lowest BCUT2D eigenvalue weighted by molar-refractivity contribution is 0.0774. The van der Waals surface area contributed by atoms with E-state index in [4.69, 9.17) is 23.2 Å². The quantitative estimate of drug-likeness (QED) is 0.756. The zero-order valence-corrected chi connectivity index (χ0v) is 12.5. The maximum atomic E-state index is 14.1. The number of rotatable bonds is 1. The van der Waals surface area contributed by atoms with Crippen molar-refractivity contribution in [3.8, 4) is 11.3 Å². The molecule has 0 bridgehead atoms. The second kappa shape index (κ2) is 5.24. The molecule has 7 heteroatoms. The summed E-state index contributed by atoms with van der Waals surface area (Å²) in [6.45, 7) is 0.527. The largest absolute Gasteiger partial charge is 0.340 e. The zero-order chi connectivity index (χ0) is 15.1. The van der Waals surface area contributed by atoms with Gasteiger partial charge in [0.25, 0.3) is 5.91 Å². The van der Waals surface area contributed by atoms with E-state index in [1.165, 1.54) is 12.1 Å². The predicted molar refractivity (Wildman–Crippen MR) is 78.1 cm³/mol. The Bertz CT molecular complexity index is 751. The molecule has 1 aromatic carbocycles. The van der Waals surface area contributed by atoms with E-state index in [1.54, 1.807) is 18.0 Å². The average molecular weight is 326 g/mol. The van der Waals surface area contributed by atoms with Gasteiger partial charge in [0.15, 0.2) is 0 Å². The average Bonchev–Trinajstić information content (AvgIpc) is 2.43. The number of carbonyl (C=O) groups is 1. The highest BCUT2D eigenvalue weighted by molar-refractivity contribution is 6.30. The highest BCUT2D eigenvalue weighted by Gasteiger charge is 2.28. The summed E-state index contributed by atoms with van der Waals surface area (Å²) in [5, 5.41) is 0.211. The predicted octanol–water partition coefficient (Wildman–Crippen LogP) is 3.22. The molecule has 0 radical (unpaired) electrons. The fourth-order valence-corrected chi connectivity index (χ4v) is 2.66. The fourth-order valence-electron chi connectivity index (χ4n) is 2.34. The third-order valence-electron chi connectivity index (χ3n) is 3.41. The van der Waals surface area contributed by atoms with E-state index in [1.807, 2.05) is 0 Å². The van der Waals surface area contributed by atoms with Crippen molar-refractivity contribution in [2.75, 3.05) is 13.6 Å². The van der Waals surface area contributed by atoms with Crippen LogP contribution in [0.5, 0.6) is 0 Å². The summed E-state index contributed by atoms with van der Waals surface area (Å²) in [4.78, 5) is 21.8. The molecule has 0 aliphatic carbocycles. The summed E-state index contributed by atoms with van der Waals surface area (Å²) < 4.78 is 14.1. The van der Waals surface area contributed by atoms with Crippen LogP contribution < -0.4 is 0 Å². The molecule has 2 heterocycles. The van der Waals surface area contributed by atoms with Gasteiger partial charge in [0, 0.05) is 29.7 Å². The van der Waals surface area contributed by atoms with Crippen LogP contribution in [-0.2, 0) is 6.42 Å².